The first-order valence-corrected chi connectivity index (χ1v) is 13.6. The van der Waals surface area contributed by atoms with Crippen LogP contribution in [0, 0.1) is 0 Å². The highest BCUT2D eigenvalue weighted by Gasteiger charge is 2.46. The van der Waals surface area contributed by atoms with Crippen molar-refractivity contribution in [2.75, 3.05) is 0 Å². The monoisotopic (exact) mass is 518 g/mol. The lowest BCUT2D eigenvalue weighted by atomic mass is 9.66. The van der Waals surface area contributed by atoms with E-state index in [0.717, 1.165) is 27.5 Å². The summed E-state index contributed by atoms with van der Waals surface area (Å²) in [4.78, 5) is 0. The van der Waals surface area contributed by atoms with Gasteiger partial charge in [0.25, 0.3) is 0 Å². The topological polar surface area (TPSA) is 13.1 Å². The molecule has 0 saturated carbocycles. The first-order chi connectivity index (χ1) is 19.2. The lowest BCUT2D eigenvalue weighted by molar-refractivity contribution is 0.669. The fourth-order valence-electron chi connectivity index (χ4n) is 6.66. The van der Waals surface area contributed by atoms with E-state index in [1.807, 2.05) is 18.2 Å². The quantitative estimate of drug-likeness (QED) is 0.227. The van der Waals surface area contributed by atoms with E-state index in [1.165, 1.54) is 38.9 Å². The zero-order valence-corrected chi connectivity index (χ0v) is 21.8. The maximum atomic E-state index is 6.30. The molecule has 8 rings (SSSR count). The van der Waals surface area contributed by atoms with Gasteiger partial charge in [-0.3, -0.25) is 0 Å². The minimum Gasteiger partial charge on any atom is -0.456 e. The summed E-state index contributed by atoms with van der Waals surface area (Å²) in [6.45, 7) is 0. The molecule has 1 aromatic heterocycles. The van der Waals surface area contributed by atoms with Gasteiger partial charge in [0.05, 0.1) is 5.41 Å². The van der Waals surface area contributed by atoms with Gasteiger partial charge in [-0.15, -0.1) is 0 Å². The van der Waals surface area contributed by atoms with Crippen molar-refractivity contribution in [2.24, 2.45) is 0 Å². The number of hydrogen-bond donors (Lipinski definition) is 0. The summed E-state index contributed by atoms with van der Waals surface area (Å²) in [5.41, 5.74) is 11.2. The summed E-state index contributed by atoms with van der Waals surface area (Å²) < 4.78 is 6.30. The molecule has 0 fully saturated rings. The minimum atomic E-state index is -0.457. The second kappa shape index (κ2) is 8.46. The maximum absolute atomic E-state index is 6.30. The van der Waals surface area contributed by atoms with E-state index in [0.29, 0.717) is 5.02 Å². The molecule has 0 bridgehead atoms. The number of hydrogen-bond acceptors (Lipinski definition) is 1. The van der Waals surface area contributed by atoms with Crippen LogP contribution < -0.4 is 0 Å². The summed E-state index contributed by atoms with van der Waals surface area (Å²) in [5.74, 6) is 0. The molecule has 0 aliphatic heterocycles. The van der Waals surface area contributed by atoms with Gasteiger partial charge in [0.1, 0.15) is 11.2 Å². The Labute approximate surface area is 231 Å². The molecule has 0 unspecified atom stereocenters. The van der Waals surface area contributed by atoms with Gasteiger partial charge in [0.15, 0.2) is 0 Å². The Kier molecular flexibility index (Phi) is 4.86. The second-order valence-corrected chi connectivity index (χ2v) is 10.6. The van der Waals surface area contributed by atoms with E-state index in [9.17, 15) is 0 Å². The number of rotatable bonds is 3. The molecule has 0 radical (unpaired) electrons. The lowest BCUT2D eigenvalue weighted by Gasteiger charge is -2.35. The first-order valence-electron chi connectivity index (χ1n) is 13.2. The third-order valence-electron chi connectivity index (χ3n) is 8.24. The Balaban J connectivity index is 1.45. The molecular weight excluding hydrogens is 496 g/mol. The van der Waals surface area contributed by atoms with Gasteiger partial charge in [-0.1, -0.05) is 121 Å². The molecule has 0 N–H and O–H groups in total. The number of fused-ring (bicyclic) bond motifs is 6. The Morgan fingerprint density at radius 2 is 0.974 bits per heavy atom. The molecule has 1 aliphatic carbocycles. The average Bonchev–Trinajstić information content (AvgIpc) is 3.50. The molecule has 0 spiro atoms. The smallest absolute Gasteiger partial charge is 0.136 e. The molecule has 2 heteroatoms. The SMILES string of the molecule is Clc1ccc2c(c1)oc1cc(-c3ccccc3C3(c4ccccc4)c4ccccc4-c4ccccc43)ccc12. The zero-order valence-electron chi connectivity index (χ0n) is 21.1. The van der Waals surface area contributed by atoms with Crippen LogP contribution in [-0.2, 0) is 5.41 Å². The third kappa shape index (κ3) is 3.14. The Bertz CT molecular complexity index is 1990. The van der Waals surface area contributed by atoms with Gasteiger partial charge >= 0.3 is 0 Å². The van der Waals surface area contributed by atoms with Crippen LogP contribution in [-0.4, -0.2) is 0 Å². The van der Waals surface area contributed by atoms with Crippen molar-refractivity contribution in [2.45, 2.75) is 5.41 Å². The maximum Gasteiger partial charge on any atom is 0.136 e. The molecular formula is C37H23ClO. The summed E-state index contributed by atoms with van der Waals surface area (Å²) in [5, 5.41) is 2.85. The van der Waals surface area contributed by atoms with Crippen molar-refractivity contribution in [3.05, 3.63) is 167 Å². The van der Waals surface area contributed by atoms with E-state index in [-0.39, 0.29) is 0 Å². The third-order valence-corrected chi connectivity index (χ3v) is 8.47. The standard InChI is InChI=1S/C37H23ClO/c38-26-19-21-31-30-20-18-24(22-35(30)39-36(31)23-26)27-12-4-7-15-32(27)37(25-10-2-1-3-11-25)33-16-8-5-13-28(33)29-14-6-9-17-34(29)37/h1-23H. The van der Waals surface area contributed by atoms with Crippen LogP contribution in [0.2, 0.25) is 5.02 Å². The lowest BCUT2D eigenvalue weighted by Crippen LogP contribution is -2.29. The van der Waals surface area contributed by atoms with Gasteiger partial charge in [0.2, 0.25) is 0 Å². The largest absolute Gasteiger partial charge is 0.456 e. The van der Waals surface area contributed by atoms with Gasteiger partial charge in [0, 0.05) is 21.9 Å². The molecule has 0 atom stereocenters. The molecule has 0 saturated heterocycles. The van der Waals surface area contributed by atoms with Crippen LogP contribution in [0.4, 0.5) is 0 Å². The molecule has 0 amide bonds. The van der Waals surface area contributed by atoms with Crippen molar-refractivity contribution in [1.82, 2.24) is 0 Å². The fraction of sp³-hybridized carbons (Fsp3) is 0.0270. The van der Waals surface area contributed by atoms with Crippen LogP contribution in [0.5, 0.6) is 0 Å². The van der Waals surface area contributed by atoms with E-state index in [2.05, 4.69) is 121 Å². The van der Waals surface area contributed by atoms with Gasteiger partial charge in [-0.25, -0.2) is 0 Å². The van der Waals surface area contributed by atoms with E-state index in [1.54, 1.807) is 0 Å². The van der Waals surface area contributed by atoms with Gasteiger partial charge in [-0.05, 0) is 68.8 Å². The van der Waals surface area contributed by atoms with Crippen molar-refractivity contribution in [1.29, 1.82) is 0 Å². The van der Waals surface area contributed by atoms with Crippen LogP contribution in [0.15, 0.2) is 144 Å². The molecule has 39 heavy (non-hydrogen) atoms. The Hall–Kier alpha value is -4.59. The van der Waals surface area contributed by atoms with Crippen LogP contribution >= 0.6 is 11.6 Å². The molecule has 184 valence electrons. The summed E-state index contributed by atoms with van der Waals surface area (Å²) in [7, 11) is 0. The van der Waals surface area contributed by atoms with Crippen LogP contribution in [0.1, 0.15) is 22.3 Å². The van der Waals surface area contributed by atoms with Crippen molar-refractivity contribution in [3.63, 3.8) is 0 Å². The van der Waals surface area contributed by atoms with E-state index in [4.69, 9.17) is 16.0 Å². The highest BCUT2D eigenvalue weighted by atomic mass is 35.5. The normalized spacial score (nSPS) is 13.5. The Morgan fingerprint density at radius 3 is 1.64 bits per heavy atom. The summed E-state index contributed by atoms with van der Waals surface area (Å²) >= 11 is 6.26. The van der Waals surface area contributed by atoms with E-state index < -0.39 is 5.41 Å². The Morgan fingerprint density at radius 1 is 0.462 bits per heavy atom. The molecule has 6 aromatic carbocycles. The van der Waals surface area contributed by atoms with Crippen LogP contribution in [0.3, 0.4) is 0 Å². The number of furan rings is 1. The minimum absolute atomic E-state index is 0.457. The molecule has 1 nitrogen and oxygen atoms in total. The van der Waals surface area contributed by atoms with Crippen molar-refractivity contribution in [3.8, 4) is 22.3 Å². The van der Waals surface area contributed by atoms with Crippen molar-refractivity contribution < 1.29 is 4.42 Å². The molecule has 7 aromatic rings. The van der Waals surface area contributed by atoms with Gasteiger partial charge in [-0.2, -0.15) is 0 Å². The highest BCUT2D eigenvalue weighted by Crippen LogP contribution is 2.57. The zero-order chi connectivity index (χ0) is 26.0. The first kappa shape index (κ1) is 22.4. The van der Waals surface area contributed by atoms with Crippen LogP contribution in [0.25, 0.3) is 44.2 Å². The second-order valence-electron chi connectivity index (χ2n) is 10.2. The van der Waals surface area contributed by atoms with Crippen molar-refractivity contribution >= 4 is 33.5 Å². The number of halogens is 1. The summed E-state index contributed by atoms with van der Waals surface area (Å²) in [6.07, 6.45) is 0. The molecule has 1 heterocycles. The van der Waals surface area contributed by atoms with E-state index >= 15 is 0 Å². The molecule has 1 aliphatic rings. The highest BCUT2D eigenvalue weighted by molar-refractivity contribution is 6.31. The predicted octanol–water partition coefficient (Wildman–Crippen LogP) is 10.3. The predicted molar refractivity (Wildman–Crippen MR) is 161 cm³/mol. The fourth-order valence-corrected chi connectivity index (χ4v) is 6.82. The summed E-state index contributed by atoms with van der Waals surface area (Å²) in [6, 6.07) is 49.9. The van der Waals surface area contributed by atoms with Gasteiger partial charge < -0.3 is 4.42 Å². The average molecular weight is 519 g/mol. The number of benzene rings is 6.